The van der Waals surface area contributed by atoms with Gasteiger partial charge in [0, 0.05) is 5.39 Å². The highest BCUT2D eigenvalue weighted by atomic mass is 16.5. The van der Waals surface area contributed by atoms with Crippen LogP contribution in [0.15, 0.2) is 57.7 Å². The minimum atomic E-state index is -0.450. The summed E-state index contributed by atoms with van der Waals surface area (Å²) in [6.45, 7) is 0. The molecule has 2 aromatic carbocycles. The fraction of sp³-hybridized carbons (Fsp3) is 0.0625. The van der Waals surface area contributed by atoms with Gasteiger partial charge in [0.25, 0.3) is 0 Å². The number of hydrogen-bond acceptors (Lipinski definition) is 5. The molecule has 0 bridgehead atoms. The van der Waals surface area contributed by atoms with Gasteiger partial charge in [0.05, 0.1) is 18.2 Å². The van der Waals surface area contributed by atoms with Gasteiger partial charge < -0.3 is 20.2 Å². The number of rotatable bonds is 3. The van der Waals surface area contributed by atoms with Crippen molar-refractivity contribution in [2.24, 2.45) is 0 Å². The van der Waals surface area contributed by atoms with Gasteiger partial charge >= 0.3 is 5.63 Å². The molecule has 3 rings (SSSR count). The molecule has 21 heavy (non-hydrogen) atoms. The minimum Gasteiger partial charge on any atom is -0.495 e. The molecule has 0 radical (unpaired) electrons. The summed E-state index contributed by atoms with van der Waals surface area (Å²) < 4.78 is 10.4. The Labute approximate surface area is 121 Å². The van der Waals surface area contributed by atoms with Gasteiger partial charge in [-0.15, -0.1) is 0 Å². The molecule has 0 spiro atoms. The van der Waals surface area contributed by atoms with E-state index in [9.17, 15) is 4.79 Å². The van der Waals surface area contributed by atoms with Gasteiger partial charge in [-0.2, -0.15) is 0 Å². The third kappa shape index (κ3) is 2.29. The molecule has 0 atom stereocenters. The summed E-state index contributed by atoms with van der Waals surface area (Å²) in [5, 5.41) is 4.36. The standard InChI is InChI=1S/C16H14N2O3/c1-20-13-9-5-4-8-12(13)18-14-10-6-2-3-7-11(10)16(19)21-15(14)17/h2-9,18H,17H2,1H3. The van der Waals surface area contributed by atoms with E-state index in [1.165, 1.54) is 0 Å². The zero-order valence-electron chi connectivity index (χ0n) is 11.4. The van der Waals surface area contributed by atoms with Gasteiger partial charge in [-0.1, -0.05) is 30.3 Å². The van der Waals surface area contributed by atoms with Gasteiger partial charge in [0.15, 0.2) is 0 Å². The van der Waals surface area contributed by atoms with Crippen molar-refractivity contribution in [3.8, 4) is 5.75 Å². The van der Waals surface area contributed by atoms with Crippen molar-refractivity contribution in [1.82, 2.24) is 0 Å². The van der Waals surface area contributed by atoms with Crippen molar-refractivity contribution in [1.29, 1.82) is 0 Å². The first kappa shape index (κ1) is 13.1. The summed E-state index contributed by atoms with van der Waals surface area (Å²) in [4.78, 5) is 11.8. The first-order valence-corrected chi connectivity index (χ1v) is 6.42. The van der Waals surface area contributed by atoms with E-state index >= 15 is 0 Å². The van der Waals surface area contributed by atoms with E-state index in [0.29, 0.717) is 22.2 Å². The summed E-state index contributed by atoms with van der Waals surface area (Å²) in [6, 6.07) is 14.6. The fourth-order valence-corrected chi connectivity index (χ4v) is 2.23. The van der Waals surface area contributed by atoms with Gasteiger partial charge in [-0.3, -0.25) is 0 Å². The van der Waals surface area contributed by atoms with E-state index in [-0.39, 0.29) is 5.88 Å². The Balaban J connectivity index is 2.19. The van der Waals surface area contributed by atoms with Crippen molar-refractivity contribution in [2.75, 3.05) is 18.2 Å². The van der Waals surface area contributed by atoms with Crippen LogP contribution in [0.4, 0.5) is 17.3 Å². The van der Waals surface area contributed by atoms with Crippen molar-refractivity contribution < 1.29 is 9.15 Å². The highest BCUT2D eigenvalue weighted by molar-refractivity contribution is 5.98. The second kappa shape index (κ2) is 5.20. The van der Waals surface area contributed by atoms with Crippen LogP contribution >= 0.6 is 0 Å². The molecule has 0 aliphatic carbocycles. The molecule has 106 valence electrons. The topological polar surface area (TPSA) is 77.5 Å². The van der Waals surface area contributed by atoms with Gasteiger partial charge in [-0.25, -0.2) is 4.79 Å². The van der Waals surface area contributed by atoms with E-state index in [0.717, 1.165) is 5.69 Å². The number of methoxy groups -OCH3 is 1. The monoisotopic (exact) mass is 282 g/mol. The maximum atomic E-state index is 11.8. The minimum absolute atomic E-state index is 0.0459. The Kier molecular flexibility index (Phi) is 3.23. The number of hydrogen-bond donors (Lipinski definition) is 2. The maximum Gasteiger partial charge on any atom is 0.345 e. The fourth-order valence-electron chi connectivity index (χ4n) is 2.23. The van der Waals surface area contributed by atoms with Crippen molar-refractivity contribution in [3.05, 3.63) is 59.0 Å². The summed E-state index contributed by atoms with van der Waals surface area (Å²) in [5.74, 6) is 0.719. The molecule has 3 N–H and O–H groups in total. The largest absolute Gasteiger partial charge is 0.495 e. The molecule has 5 heteroatoms. The summed E-state index contributed by atoms with van der Waals surface area (Å²) >= 11 is 0. The quantitative estimate of drug-likeness (QED) is 0.771. The van der Waals surface area contributed by atoms with Crippen LogP contribution in [0.1, 0.15) is 0 Å². The summed E-state index contributed by atoms with van der Waals surface area (Å²) in [6.07, 6.45) is 0. The van der Waals surface area contributed by atoms with E-state index in [1.54, 1.807) is 19.2 Å². The lowest BCUT2D eigenvalue weighted by atomic mass is 10.1. The zero-order valence-corrected chi connectivity index (χ0v) is 11.4. The Morgan fingerprint density at radius 1 is 1.05 bits per heavy atom. The Morgan fingerprint density at radius 2 is 1.71 bits per heavy atom. The molecule has 5 nitrogen and oxygen atoms in total. The highest BCUT2D eigenvalue weighted by Gasteiger charge is 2.12. The molecule has 1 heterocycles. The molecule has 0 saturated carbocycles. The van der Waals surface area contributed by atoms with Crippen LogP contribution < -0.4 is 21.4 Å². The van der Waals surface area contributed by atoms with Crippen LogP contribution in [0.25, 0.3) is 10.8 Å². The lowest BCUT2D eigenvalue weighted by Crippen LogP contribution is -2.06. The summed E-state index contributed by atoms with van der Waals surface area (Å²) in [5.41, 5.74) is 6.70. The number of nitrogens with two attached hydrogens (primary N) is 1. The van der Waals surface area contributed by atoms with Gasteiger partial charge in [-0.05, 0) is 18.2 Å². The molecule has 3 aromatic rings. The number of fused-ring (bicyclic) bond motifs is 1. The molecule has 0 amide bonds. The first-order valence-electron chi connectivity index (χ1n) is 6.42. The number of ether oxygens (including phenoxy) is 1. The number of para-hydroxylation sites is 2. The van der Waals surface area contributed by atoms with Crippen LogP contribution in [0.3, 0.4) is 0 Å². The Bertz CT molecular complexity index is 856. The van der Waals surface area contributed by atoms with Crippen LogP contribution in [0.5, 0.6) is 5.75 Å². The second-order valence-corrected chi connectivity index (χ2v) is 4.50. The van der Waals surface area contributed by atoms with Crippen LogP contribution in [-0.4, -0.2) is 7.11 Å². The van der Waals surface area contributed by atoms with Crippen molar-refractivity contribution in [3.63, 3.8) is 0 Å². The Morgan fingerprint density at radius 3 is 2.48 bits per heavy atom. The lowest BCUT2D eigenvalue weighted by Gasteiger charge is -2.13. The lowest BCUT2D eigenvalue weighted by molar-refractivity contribution is 0.417. The third-order valence-electron chi connectivity index (χ3n) is 3.23. The predicted octanol–water partition coefficient (Wildman–Crippen LogP) is 3.13. The molecular formula is C16H14N2O3. The van der Waals surface area contributed by atoms with E-state index in [2.05, 4.69) is 5.32 Å². The molecule has 1 aromatic heterocycles. The van der Waals surface area contributed by atoms with E-state index < -0.39 is 5.63 Å². The van der Waals surface area contributed by atoms with E-state index in [4.69, 9.17) is 14.9 Å². The zero-order chi connectivity index (χ0) is 14.8. The van der Waals surface area contributed by atoms with Crippen molar-refractivity contribution >= 4 is 28.0 Å². The molecular weight excluding hydrogens is 268 g/mol. The molecule has 0 aliphatic heterocycles. The number of anilines is 3. The van der Waals surface area contributed by atoms with Crippen LogP contribution in [-0.2, 0) is 0 Å². The predicted molar refractivity (Wildman–Crippen MR) is 83.2 cm³/mol. The third-order valence-corrected chi connectivity index (χ3v) is 3.23. The first-order chi connectivity index (χ1) is 10.2. The van der Waals surface area contributed by atoms with Crippen LogP contribution in [0, 0.1) is 0 Å². The normalized spacial score (nSPS) is 10.5. The molecule has 0 fully saturated rings. The van der Waals surface area contributed by atoms with Crippen LogP contribution in [0.2, 0.25) is 0 Å². The van der Waals surface area contributed by atoms with Gasteiger partial charge in [0.2, 0.25) is 5.88 Å². The molecule has 0 unspecified atom stereocenters. The maximum absolute atomic E-state index is 11.8. The number of nitrogen functional groups attached to an aromatic ring is 1. The molecule has 0 saturated heterocycles. The number of nitrogens with one attached hydrogen (secondary N) is 1. The smallest absolute Gasteiger partial charge is 0.345 e. The SMILES string of the molecule is COc1ccccc1Nc1c(N)oc(=O)c2ccccc12. The highest BCUT2D eigenvalue weighted by Crippen LogP contribution is 2.33. The van der Waals surface area contributed by atoms with E-state index in [1.807, 2.05) is 36.4 Å². The average molecular weight is 282 g/mol. The number of benzene rings is 2. The van der Waals surface area contributed by atoms with Crippen molar-refractivity contribution in [2.45, 2.75) is 0 Å². The second-order valence-electron chi connectivity index (χ2n) is 4.50. The average Bonchev–Trinajstić information content (AvgIpc) is 2.52. The summed E-state index contributed by atoms with van der Waals surface area (Å²) in [7, 11) is 1.59. The molecule has 0 aliphatic rings. The van der Waals surface area contributed by atoms with Gasteiger partial charge in [0.1, 0.15) is 11.4 Å². The Hall–Kier alpha value is -2.95.